The SMILES string of the molecule is CCN(C1CCCNC1)S(=O)(=O)c1c(Cl)cc(Br)cc1Cl. The van der Waals surface area contributed by atoms with Crippen molar-refractivity contribution >= 4 is 49.2 Å². The molecule has 1 aromatic carbocycles. The summed E-state index contributed by atoms with van der Waals surface area (Å²) in [6, 6.07) is 3.03. The van der Waals surface area contributed by atoms with E-state index in [-0.39, 0.29) is 21.0 Å². The van der Waals surface area contributed by atoms with Gasteiger partial charge in [0, 0.05) is 23.6 Å². The highest BCUT2D eigenvalue weighted by atomic mass is 79.9. The fraction of sp³-hybridized carbons (Fsp3) is 0.538. The first-order valence-corrected chi connectivity index (χ1v) is 9.74. The number of nitrogens with zero attached hydrogens (tertiary/aromatic N) is 1. The molecule has 1 saturated heterocycles. The van der Waals surface area contributed by atoms with Crippen LogP contribution < -0.4 is 5.32 Å². The largest absolute Gasteiger partial charge is 0.315 e. The summed E-state index contributed by atoms with van der Waals surface area (Å²) >= 11 is 15.5. The number of benzene rings is 1. The molecule has 0 saturated carbocycles. The number of nitrogens with one attached hydrogen (secondary N) is 1. The van der Waals surface area contributed by atoms with Gasteiger partial charge in [-0.1, -0.05) is 46.1 Å². The van der Waals surface area contributed by atoms with Gasteiger partial charge in [-0.2, -0.15) is 4.31 Å². The molecule has 1 aliphatic rings. The van der Waals surface area contributed by atoms with E-state index in [0.29, 0.717) is 17.6 Å². The normalized spacial score (nSPS) is 20.0. The van der Waals surface area contributed by atoms with Crippen molar-refractivity contribution in [3.63, 3.8) is 0 Å². The van der Waals surface area contributed by atoms with E-state index in [2.05, 4.69) is 21.2 Å². The van der Waals surface area contributed by atoms with Crippen molar-refractivity contribution in [2.45, 2.75) is 30.7 Å². The lowest BCUT2D eigenvalue weighted by atomic mass is 10.1. The van der Waals surface area contributed by atoms with Crippen LogP contribution in [-0.2, 0) is 10.0 Å². The van der Waals surface area contributed by atoms with Crippen LogP contribution in [0, 0.1) is 0 Å². The Balaban J connectivity index is 2.44. The van der Waals surface area contributed by atoms with Crippen molar-refractivity contribution in [3.8, 4) is 0 Å². The topological polar surface area (TPSA) is 49.4 Å². The molecule has 2 rings (SSSR count). The van der Waals surface area contributed by atoms with Gasteiger partial charge in [0.1, 0.15) is 4.90 Å². The second kappa shape index (κ2) is 7.15. The molecule has 1 heterocycles. The van der Waals surface area contributed by atoms with Crippen LogP contribution in [0.4, 0.5) is 0 Å². The Hall–Kier alpha value is 0.150. The zero-order valence-electron chi connectivity index (χ0n) is 11.6. The van der Waals surface area contributed by atoms with Gasteiger partial charge in [-0.25, -0.2) is 8.42 Å². The Morgan fingerprint density at radius 3 is 2.48 bits per heavy atom. The van der Waals surface area contributed by atoms with E-state index in [1.54, 1.807) is 12.1 Å². The molecule has 0 aliphatic carbocycles. The summed E-state index contributed by atoms with van der Waals surface area (Å²) in [5.41, 5.74) is 0. The standard InChI is InChI=1S/C13H17BrCl2N2O2S/c1-2-18(10-4-3-5-17-8-10)21(19,20)13-11(15)6-9(14)7-12(13)16/h6-7,10,17H,2-5,8H2,1H3. The first-order chi connectivity index (χ1) is 9.87. The maximum atomic E-state index is 12.9. The summed E-state index contributed by atoms with van der Waals surface area (Å²) in [5.74, 6) is 0. The Morgan fingerprint density at radius 2 is 2.00 bits per heavy atom. The Morgan fingerprint density at radius 1 is 1.38 bits per heavy atom. The van der Waals surface area contributed by atoms with Crippen molar-refractivity contribution < 1.29 is 8.42 Å². The highest BCUT2D eigenvalue weighted by Crippen LogP contribution is 2.35. The molecule has 118 valence electrons. The molecule has 1 aliphatic heterocycles. The molecule has 0 spiro atoms. The number of hydrogen-bond acceptors (Lipinski definition) is 3. The number of hydrogen-bond donors (Lipinski definition) is 1. The zero-order chi connectivity index (χ0) is 15.6. The lowest BCUT2D eigenvalue weighted by Gasteiger charge is -2.33. The van der Waals surface area contributed by atoms with Gasteiger partial charge < -0.3 is 5.32 Å². The van der Waals surface area contributed by atoms with Gasteiger partial charge >= 0.3 is 0 Å². The lowest BCUT2D eigenvalue weighted by molar-refractivity contribution is 0.274. The van der Waals surface area contributed by atoms with Gasteiger partial charge in [-0.05, 0) is 31.5 Å². The number of halogens is 3. The lowest BCUT2D eigenvalue weighted by Crippen LogP contribution is -2.48. The zero-order valence-corrected chi connectivity index (χ0v) is 15.5. The summed E-state index contributed by atoms with van der Waals surface area (Å²) in [5, 5.41) is 3.50. The van der Waals surface area contributed by atoms with Gasteiger partial charge in [0.05, 0.1) is 10.0 Å². The minimum absolute atomic E-state index is 0.0125. The van der Waals surface area contributed by atoms with E-state index < -0.39 is 10.0 Å². The van der Waals surface area contributed by atoms with Crippen LogP contribution in [0.1, 0.15) is 19.8 Å². The molecular formula is C13H17BrCl2N2O2S. The quantitative estimate of drug-likeness (QED) is 0.818. The first kappa shape index (κ1) is 17.5. The Labute approximate surface area is 144 Å². The van der Waals surface area contributed by atoms with Gasteiger partial charge in [0.25, 0.3) is 0 Å². The van der Waals surface area contributed by atoms with Crippen molar-refractivity contribution in [1.82, 2.24) is 9.62 Å². The van der Waals surface area contributed by atoms with E-state index in [4.69, 9.17) is 23.2 Å². The van der Waals surface area contributed by atoms with Crippen molar-refractivity contribution in [3.05, 3.63) is 26.7 Å². The van der Waals surface area contributed by atoms with Crippen LogP contribution in [0.25, 0.3) is 0 Å². The van der Waals surface area contributed by atoms with Crippen LogP contribution in [0.3, 0.4) is 0 Å². The minimum Gasteiger partial charge on any atom is -0.315 e. The summed E-state index contributed by atoms with van der Waals surface area (Å²) in [7, 11) is -3.72. The molecule has 0 radical (unpaired) electrons. The van der Waals surface area contributed by atoms with Crippen LogP contribution in [0.15, 0.2) is 21.5 Å². The molecular weight excluding hydrogens is 399 g/mol. The molecule has 0 bridgehead atoms. The van der Waals surface area contributed by atoms with Crippen LogP contribution in [0.5, 0.6) is 0 Å². The Bertz CT molecular complexity index is 596. The van der Waals surface area contributed by atoms with Crippen molar-refractivity contribution in [1.29, 1.82) is 0 Å². The number of sulfonamides is 1. The second-order valence-corrected chi connectivity index (χ2v) is 8.46. The maximum absolute atomic E-state index is 12.9. The molecule has 4 nitrogen and oxygen atoms in total. The summed E-state index contributed by atoms with van der Waals surface area (Å²) in [4.78, 5) is -0.0125. The highest BCUT2D eigenvalue weighted by Gasteiger charge is 2.34. The highest BCUT2D eigenvalue weighted by molar-refractivity contribution is 9.10. The average molecular weight is 416 g/mol. The number of piperidine rings is 1. The molecule has 1 fully saturated rings. The third-order valence-electron chi connectivity index (χ3n) is 3.52. The van der Waals surface area contributed by atoms with Crippen LogP contribution >= 0.6 is 39.1 Å². The van der Waals surface area contributed by atoms with Crippen molar-refractivity contribution in [2.75, 3.05) is 19.6 Å². The molecule has 8 heteroatoms. The molecule has 1 atom stereocenters. The Kier molecular flexibility index (Phi) is 5.96. The van der Waals surface area contributed by atoms with Crippen LogP contribution in [0.2, 0.25) is 10.0 Å². The van der Waals surface area contributed by atoms with E-state index in [1.807, 2.05) is 6.92 Å². The van der Waals surface area contributed by atoms with Gasteiger partial charge in [-0.3, -0.25) is 0 Å². The molecule has 0 amide bonds. The van der Waals surface area contributed by atoms with E-state index in [1.165, 1.54) is 4.31 Å². The van der Waals surface area contributed by atoms with Gasteiger partial charge in [0.15, 0.2) is 0 Å². The molecule has 1 unspecified atom stereocenters. The molecule has 21 heavy (non-hydrogen) atoms. The monoisotopic (exact) mass is 414 g/mol. The fourth-order valence-electron chi connectivity index (χ4n) is 2.60. The first-order valence-electron chi connectivity index (χ1n) is 6.75. The van der Waals surface area contributed by atoms with E-state index in [9.17, 15) is 8.42 Å². The molecule has 1 aromatic rings. The number of likely N-dealkylation sites (N-methyl/N-ethyl adjacent to an activating group) is 1. The van der Waals surface area contributed by atoms with E-state index in [0.717, 1.165) is 19.4 Å². The maximum Gasteiger partial charge on any atom is 0.246 e. The molecule has 0 aromatic heterocycles. The summed E-state index contributed by atoms with van der Waals surface area (Å²) < 4.78 is 28.0. The molecule has 1 N–H and O–H groups in total. The number of rotatable bonds is 4. The average Bonchev–Trinajstić information content (AvgIpc) is 2.38. The second-order valence-electron chi connectivity index (χ2n) is 4.91. The summed E-state index contributed by atoms with van der Waals surface area (Å²) in [6.45, 7) is 3.79. The smallest absolute Gasteiger partial charge is 0.246 e. The third kappa shape index (κ3) is 3.74. The van der Waals surface area contributed by atoms with E-state index >= 15 is 0 Å². The van der Waals surface area contributed by atoms with Crippen molar-refractivity contribution in [2.24, 2.45) is 0 Å². The summed E-state index contributed by atoms with van der Waals surface area (Å²) in [6.07, 6.45) is 1.80. The predicted molar refractivity (Wildman–Crippen MR) is 89.6 cm³/mol. The van der Waals surface area contributed by atoms with Gasteiger partial charge in [-0.15, -0.1) is 0 Å². The van der Waals surface area contributed by atoms with Gasteiger partial charge in [0.2, 0.25) is 10.0 Å². The predicted octanol–water partition coefficient (Wildman–Crippen LogP) is 3.52. The third-order valence-corrected chi connectivity index (χ3v) is 6.93. The fourth-order valence-corrected chi connectivity index (χ4v) is 6.15. The minimum atomic E-state index is -3.72. The van der Waals surface area contributed by atoms with Crippen LogP contribution in [-0.4, -0.2) is 38.4 Å².